The zero-order chi connectivity index (χ0) is 14.1. The van der Waals surface area contributed by atoms with Gasteiger partial charge in [0.05, 0.1) is 5.75 Å². The summed E-state index contributed by atoms with van der Waals surface area (Å²) in [5.74, 6) is 2.25. The molecule has 4 rings (SSSR count). The molecule has 0 amide bonds. The van der Waals surface area contributed by atoms with Gasteiger partial charge in [0.2, 0.25) is 16.9 Å². The summed E-state index contributed by atoms with van der Waals surface area (Å²) in [6.45, 7) is 0. The van der Waals surface area contributed by atoms with Crippen molar-refractivity contribution in [3.05, 3.63) is 41.2 Å². The number of aromatic nitrogens is 6. The molecule has 0 spiro atoms. The molecule has 21 heavy (non-hydrogen) atoms. The van der Waals surface area contributed by atoms with Gasteiger partial charge in [0.15, 0.2) is 0 Å². The molecule has 0 fully saturated rings. The molecule has 4 aromatic heterocycles. The molecule has 0 aliphatic heterocycles. The number of fused-ring (bicyclic) bond motifs is 1. The molecule has 0 aliphatic carbocycles. The highest BCUT2D eigenvalue weighted by Gasteiger charge is 2.11. The zero-order valence-corrected chi connectivity index (χ0v) is 12.2. The second-order valence-corrected chi connectivity index (χ2v) is 5.79. The molecule has 4 aromatic rings. The van der Waals surface area contributed by atoms with Gasteiger partial charge in [0.25, 0.3) is 5.78 Å². The molecule has 9 heteroatoms. The molecule has 0 unspecified atom stereocenters. The van der Waals surface area contributed by atoms with Crippen LogP contribution in [0.4, 0.5) is 0 Å². The molecule has 0 N–H and O–H groups in total. The largest absolute Gasteiger partial charge is 0.338 e. The normalized spacial score (nSPS) is 11.2. The number of rotatable bonds is 4. The summed E-state index contributed by atoms with van der Waals surface area (Å²) in [6.07, 6.45) is 3.49. The van der Waals surface area contributed by atoms with Gasteiger partial charge in [-0.25, -0.2) is 9.50 Å². The molecule has 0 saturated carbocycles. The van der Waals surface area contributed by atoms with E-state index in [-0.39, 0.29) is 0 Å². The zero-order valence-electron chi connectivity index (χ0n) is 10.6. The predicted octanol–water partition coefficient (Wildman–Crippen LogP) is 2.53. The van der Waals surface area contributed by atoms with E-state index in [0.29, 0.717) is 28.4 Å². The van der Waals surface area contributed by atoms with E-state index in [1.165, 1.54) is 11.8 Å². The van der Waals surface area contributed by atoms with E-state index in [2.05, 4.69) is 25.2 Å². The summed E-state index contributed by atoms with van der Waals surface area (Å²) in [5.41, 5.74) is 0.968. The van der Waals surface area contributed by atoms with Gasteiger partial charge in [0, 0.05) is 23.3 Å². The van der Waals surface area contributed by atoms with E-state index < -0.39 is 0 Å². The van der Waals surface area contributed by atoms with Gasteiger partial charge in [-0.05, 0) is 17.5 Å². The number of thiophene rings is 1. The number of nitrogens with zero attached hydrogens (tertiary/aromatic N) is 6. The van der Waals surface area contributed by atoms with E-state index in [9.17, 15) is 0 Å². The summed E-state index contributed by atoms with van der Waals surface area (Å²) in [5, 5.41) is 12.9. The van der Waals surface area contributed by atoms with Gasteiger partial charge in [-0.2, -0.15) is 21.3 Å². The smallest absolute Gasteiger partial charge is 0.253 e. The van der Waals surface area contributed by atoms with Crippen LogP contribution in [0.2, 0.25) is 0 Å². The maximum absolute atomic E-state index is 5.23. The maximum atomic E-state index is 5.23. The first-order valence-corrected chi connectivity index (χ1v) is 7.97. The van der Waals surface area contributed by atoms with Crippen LogP contribution in [0.1, 0.15) is 5.89 Å². The van der Waals surface area contributed by atoms with Crippen LogP contribution >= 0.6 is 23.1 Å². The Balaban J connectivity index is 1.49. The van der Waals surface area contributed by atoms with Crippen LogP contribution in [0.3, 0.4) is 0 Å². The predicted molar refractivity (Wildman–Crippen MR) is 78.0 cm³/mol. The summed E-state index contributed by atoms with van der Waals surface area (Å²) < 4.78 is 6.86. The quantitative estimate of drug-likeness (QED) is 0.535. The van der Waals surface area contributed by atoms with Crippen molar-refractivity contribution in [2.45, 2.75) is 10.9 Å². The summed E-state index contributed by atoms with van der Waals surface area (Å²) >= 11 is 3.03. The monoisotopic (exact) mass is 316 g/mol. The standard InChI is InChI=1S/C12H8N6OS2/c1-3-13-11-15-12(16-18(11)4-1)21-7-9-14-10(17-19-9)8-2-5-20-6-8/h1-6H,7H2. The lowest BCUT2D eigenvalue weighted by Gasteiger charge is -1.89. The minimum atomic E-state index is 0.522. The lowest BCUT2D eigenvalue weighted by Crippen LogP contribution is -1.87. The van der Waals surface area contributed by atoms with Crippen molar-refractivity contribution in [2.75, 3.05) is 0 Å². The molecule has 7 nitrogen and oxygen atoms in total. The fourth-order valence-electron chi connectivity index (χ4n) is 1.72. The van der Waals surface area contributed by atoms with Crippen molar-refractivity contribution in [1.29, 1.82) is 0 Å². The van der Waals surface area contributed by atoms with Crippen LogP contribution in [-0.4, -0.2) is 29.7 Å². The Labute approximate surface area is 127 Å². The fraction of sp³-hybridized carbons (Fsp3) is 0.0833. The molecule has 0 aliphatic rings. The van der Waals surface area contributed by atoms with Crippen molar-refractivity contribution in [1.82, 2.24) is 29.7 Å². The van der Waals surface area contributed by atoms with E-state index in [1.54, 1.807) is 34.3 Å². The van der Waals surface area contributed by atoms with Crippen LogP contribution in [0, 0.1) is 0 Å². The van der Waals surface area contributed by atoms with Crippen LogP contribution in [0.15, 0.2) is 45.0 Å². The average Bonchev–Trinajstić information content (AvgIpc) is 3.23. The first kappa shape index (κ1) is 12.5. The van der Waals surface area contributed by atoms with Crippen molar-refractivity contribution in [3.63, 3.8) is 0 Å². The van der Waals surface area contributed by atoms with Crippen LogP contribution in [-0.2, 0) is 5.75 Å². The first-order chi connectivity index (χ1) is 10.4. The lowest BCUT2D eigenvalue weighted by molar-refractivity contribution is 0.391. The third kappa shape index (κ3) is 2.52. The lowest BCUT2D eigenvalue weighted by atomic mass is 10.3. The van der Waals surface area contributed by atoms with Gasteiger partial charge in [-0.15, -0.1) is 5.10 Å². The minimum absolute atomic E-state index is 0.522. The Bertz CT molecular complexity index is 836. The molecule has 0 atom stereocenters. The van der Waals surface area contributed by atoms with E-state index >= 15 is 0 Å². The third-order valence-electron chi connectivity index (χ3n) is 2.67. The Morgan fingerprint density at radius 1 is 1.33 bits per heavy atom. The number of hydrogen-bond donors (Lipinski definition) is 0. The summed E-state index contributed by atoms with van der Waals surface area (Å²) in [7, 11) is 0. The molecule has 104 valence electrons. The van der Waals surface area contributed by atoms with Crippen LogP contribution in [0.5, 0.6) is 0 Å². The molecular weight excluding hydrogens is 308 g/mol. The fourth-order valence-corrected chi connectivity index (χ4v) is 3.02. The van der Waals surface area contributed by atoms with Crippen LogP contribution < -0.4 is 0 Å². The molecule has 0 radical (unpaired) electrons. The highest BCUT2D eigenvalue weighted by Crippen LogP contribution is 2.22. The molecule has 4 heterocycles. The Morgan fingerprint density at radius 3 is 3.19 bits per heavy atom. The second kappa shape index (κ2) is 5.26. The number of thioether (sulfide) groups is 1. The van der Waals surface area contributed by atoms with Gasteiger partial charge in [-0.1, -0.05) is 16.9 Å². The van der Waals surface area contributed by atoms with E-state index in [1.807, 2.05) is 16.8 Å². The summed E-state index contributed by atoms with van der Waals surface area (Å²) in [4.78, 5) is 12.8. The Hall–Kier alpha value is -2.26. The Kier molecular flexibility index (Phi) is 3.13. The van der Waals surface area contributed by atoms with E-state index in [0.717, 1.165) is 5.56 Å². The SMILES string of the molecule is c1cnc2nc(SCc3nc(-c4ccsc4)no3)nn2c1. The van der Waals surface area contributed by atoms with Gasteiger partial charge < -0.3 is 4.52 Å². The summed E-state index contributed by atoms with van der Waals surface area (Å²) in [6, 6.07) is 3.77. The molecule has 0 aromatic carbocycles. The van der Waals surface area contributed by atoms with Crippen molar-refractivity contribution < 1.29 is 4.52 Å². The van der Waals surface area contributed by atoms with Crippen molar-refractivity contribution >= 4 is 28.9 Å². The third-order valence-corrected chi connectivity index (χ3v) is 4.18. The Morgan fingerprint density at radius 2 is 2.33 bits per heavy atom. The van der Waals surface area contributed by atoms with Gasteiger partial charge in [0.1, 0.15) is 0 Å². The second-order valence-electron chi connectivity index (χ2n) is 4.07. The number of hydrogen-bond acceptors (Lipinski definition) is 8. The molecule has 0 saturated heterocycles. The van der Waals surface area contributed by atoms with Gasteiger partial charge >= 0.3 is 0 Å². The average molecular weight is 316 g/mol. The highest BCUT2D eigenvalue weighted by molar-refractivity contribution is 7.98. The first-order valence-electron chi connectivity index (χ1n) is 6.04. The molecule has 0 bridgehead atoms. The van der Waals surface area contributed by atoms with Crippen LogP contribution in [0.25, 0.3) is 17.2 Å². The van der Waals surface area contributed by atoms with Crippen molar-refractivity contribution in [3.8, 4) is 11.4 Å². The van der Waals surface area contributed by atoms with Gasteiger partial charge in [-0.3, -0.25) is 0 Å². The maximum Gasteiger partial charge on any atom is 0.253 e. The minimum Gasteiger partial charge on any atom is -0.338 e. The topological polar surface area (TPSA) is 82.0 Å². The van der Waals surface area contributed by atoms with Crippen molar-refractivity contribution in [2.24, 2.45) is 0 Å². The highest BCUT2D eigenvalue weighted by atomic mass is 32.2. The molecular formula is C12H8N6OS2. The van der Waals surface area contributed by atoms with E-state index in [4.69, 9.17) is 4.52 Å².